The Hall–Kier alpha value is -3.47. The van der Waals surface area contributed by atoms with Gasteiger partial charge in [-0.05, 0) is 43.2 Å². The van der Waals surface area contributed by atoms with E-state index in [1.54, 1.807) is 18.2 Å². The second kappa shape index (κ2) is 9.88. The third kappa shape index (κ3) is 6.20. The van der Waals surface area contributed by atoms with Crippen molar-refractivity contribution in [2.24, 2.45) is 0 Å². The van der Waals surface area contributed by atoms with Crippen molar-refractivity contribution in [2.45, 2.75) is 32.9 Å². The van der Waals surface area contributed by atoms with Gasteiger partial charge in [0.1, 0.15) is 5.75 Å². The number of fused-ring (bicyclic) bond motifs is 1. The zero-order valence-corrected chi connectivity index (χ0v) is 21.8. The fraction of sp³-hybridized carbons (Fsp3) is 0.240. The van der Waals surface area contributed by atoms with Crippen molar-refractivity contribution in [1.29, 1.82) is 0 Å². The molecule has 0 bridgehead atoms. The Labute approximate surface area is 214 Å². The van der Waals surface area contributed by atoms with E-state index in [0.717, 1.165) is 22.9 Å². The second-order valence-corrected chi connectivity index (χ2v) is 11.2. The minimum atomic E-state index is -3.27. The van der Waals surface area contributed by atoms with Crippen molar-refractivity contribution >= 4 is 38.7 Å². The number of halogens is 1. The summed E-state index contributed by atoms with van der Waals surface area (Å²) in [6.45, 7) is 5.54. The average Bonchev–Trinajstić information content (AvgIpc) is 3.17. The molecule has 0 atom stereocenters. The highest BCUT2D eigenvalue weighted by molar-refractivity contribution is 7.88. The number of nitrogens with zero attached hydrogens (tertiary/aromatic N) is 2. The molecule has 0 unspecified atom stereocenters. The average molecular weight is 528 g/mol. The molecule has 0 fully saturated rings. The van der Waals surface area contributed by atoms with Gasteiger partial charge in [0.2, 0.25) is 15.9 Å². The van der Waals surface area contributed by atoms with Crippen LogP contribution in [0.5, 0.6) is 11.8 Å². The Bertz CT molecular complexity index is 1510. The number of ether oxygens (including phenoxy) is 1. The summed E-state index contributed by atoms with van der Waals surface area (Å²) < 4.78 is 30.9. The molecule has 0 radical (unpaired) electrons. The topological polar surface area (TPSA) is 126 Å². The Morgan fingerprint density at radius 1 is 1.08 bits per heavy atom. The predicted molar refractivity (Wildman–Crippen MR) is 139 cm³/mol. The zero-order chi connectivity index (χ0) is 26.1. The molecule has 2 heterocycles. The number of imidazole rings is 1. The molecular formula is C25H26ClN5O4S. The Morgan fingerprint density at radius 2 is 1.75 bits per heavy atom. The molecule has 36 heavy (non-hydrogen) atoms. The molecule has 4 aromatic rings. The van der Waals surface area contributed by atoms with Gasteiger partial charge in [-0.25, -0.2) is 18.1 Å². The lowest BCUT2D eigenvalue weighted by molar-refractivity contribution is -0.120. The van der Waals surface area contributed by atoms with E-state index >= 15 is 0 Å². The second-order valence-electron chi connectivity index (χ2n) is 8.95. The van der Waals surface area contributed by atoms with Crippen LogP contribution in [0.15, 0.2) is 54.6 Å². The number of sulfonamides is 1. The number of hydrogen-bond acceptors (Lipinski definition) is 6. The molecule has 3 N–H and O–H groups in total. The number of aromatic nitrogens is 3. The van der Waals surface area contributed by atoms with Crippen LogP contribution in [0.1, 0.15) is 31.9 Å². The smallest absolute Gasteiger partial charge is 0.301 e. The maximum atomic E-state index is 11.5. The molecule has 2 aromatic carbocycles. The van der Waals surface area contributed by atoms with Gasteiger partial charge in [-0.2, -0.15) is 4.98 Å². The van der Waals surface area contributed by atoms with Crippen LogP contribution in [0.2, 0.25) is 5.02 Å². The number of carbonyl (C=O) groups excluding carboxylic acids is 1. The monoisotopic (exact) mass is 527 g/mol. The van der Waals surface area contributed by atoms with E-state index in [0.29, 0.717) is 27.6 Å². The largest absolute Gasteiger partial charge is 0.426 e. The van der Waals surface area contributed by atoms with Gasteiger partial charge < -0.3 is 15.0 Å². The van der Waals surface area contributed by atoms with Crippen LogP contribution >= 0.6 is 11.6 Å². The third-order valence-electron chi connectivity index (χ3n) is 5.45. The lowest BCUT2D eigenvalue weighted by Gasteiger charge is -2.26. The molecule has 9 nitrogen and oxygen atoms in total. The van der Waals surface area contributed by atoms with E-state index in [9.17, 15) is 13.2 Å². The van der Waals surface area contributed by atoms with Crippen molar-refractivity contribution in [2.75, 3.05) is 6.26 Å². The van der Waals surface area contributed by atoms with Crippen LogP contribution in [-0.4, -0.2) is 35.5 Å². The summed E-state index contributed by atoms with van der Waals surface area (Å²) in [5, 5.41) is 3.35. The highest BCUT2D eigenvalue weighted by atomic mass is 35.5. The van der Waals surface area contributed by atoms with Gasteiger partial charge in [0.25, 0.3) is 0 Å². The fourth-order valence-electron chi connectivity index (χ4n) is 3.70. The minimum absolute atomic E-state index is 0.104. The van der Waals surface area contributed by atoms with Crippen LogP contribution in [0.25, 0.3) is 22.4 Å². The van der Waals surface area contributed by atoms with E-state index < -0.39 is 15.6 Å². The van der Waals surface area contributed by atoms with Gasteiger partial charge >= 0.3 is 6.01 Å². The van der Waals surface area contributed by atoms with Crippen molar-refractivity contribution in [3.8, 4) is 23.0 Å². The molecule has 0 aliphatic rings. The number of carbonyl (C=O) groups is 1. The van der Waals surface area contributed by atoms with Gasteiger partial charge in [0.05, 0.1) is 28.0 Å². The molecule has 0 saturated heterocycles. The lowest BCUT2D eigenvalue weighted by atomic mass is 9.94. The molecule has 0 saturated carbocycles. The summed E-state index contributed by atoms with van der Waals surface area (Å²) >= 11 is 6.49. The van der Waals surface area contributed by atoms with Crippen molar-refractivity contribution in [3.63, 3.8) is 0 Å². The van der Waals surface area contributed by atoms with Gasteiger partial charge in [0.15, 0.2) is 5.65 Å². The molecule has 0 spiro atoms. The number of benzene rings is 2. The summed E-state index contributed by atoms with van der Waals surface area (Å²) in [4.78, 5) is 23.6. The van der Waals surface area contributed by atoms with E-state index in [4.69, 9.17) is 16.3 Å². The molecule has 1 amide bonds. The van der Waals surface area contributed by atoms with Crippen LogP contribution < -0.4 is 14.8 Å². The van der Waals surface area contributed by atoms with Crippen LogP contribution in [-0.2, 0) is 26.9 Å². The zero-order valence-electron chi connectivity index (χ0n) is 20.2. The molecule has 2 aromatic heterocycles. The van der Waals surface area contributed by atoms with Gasteiger partial charge in [0, 0.05) is 19.0 Å². The van der Waals surface area contributed by atoms with Crippen LogP contribution in [0.3, 0.4) is 0 Å². The van der Waals surface area contributed by atoms with Gasteiger partial charge in [-0.3, -0.25) is 4.79 Å². The SMILES string of the molecule is CC(=O)NC(C)(C)c1ccc(Oc2nc3nc(-c4ccc(CNS(C)(=O)=O)cc4)c(Cl)cc3[nH]2)cc1. The van der Waals surface area contributed by atoms with E-state index in [1.807, 2.05) is 50.2 Å². The number of pyridine rings is 1. The standard InChI is InChI=1S/C25H26ClN5O4S/c1-15(32)31-25(2,3)18-9-11-19(12-10-18)35-24-28-21-13-20(26)22(29-23(21)30-24)17-7-5-16(6-8-17)14-27-36(4,33)34/h5-13,27H,14H2,1-4H3,(H,31,32)(H,28,29,30). The maximum absolute atomic E-state index is 11.5. The summed E-state index contributed by atoms with van der Waals surface area (Å²) in [7, 11) is -3.27. The number of rotatable bonds is 8. The van der Waals surface area contributed by atoms with E-state index in [1.165, 1.54) is 6.92 Å². The number of nitrogens with one attached hydrogen (secondary N) is 3. The van der Waals surface area contributed by atoms with E-state index in [-0.39, 0.29) is 18.5 Å². The number of amides is 1. The Morgan fingerprint density at radius 3 is 2.36 bits per heavy atom. The first-order valence-electron chi connectivity index (χ1n) is 11.1. The minimum Gasteiger partial charge on any atom is -0.426 e. The quantitative estimate of drug-likeness (QED) is 0.310. The number of H-pyrrole nitrogens is 1. The highest BCUT2D eigenvalue weighted by Gasteiger charge is 2.21. The van der Waals surface area contributed by atoms with Crippen LogP contribution in [0, 0.1) is 0 Å². The fourth-order valence-corrected chi connectivity index (χ4v) is 4.39. The lowest BCUT2D eigenvalue weighted by Crippen LogP contribution is -2.39. The first-order valence-corrected chi connectivity index (χ1v) is 13.3. The third-order valence-corrected chi connectivity index (χ3v) is 6.41. The van der Waals surface area contributed by atoms with Crippen LogP contribution in [0.4, 0.5) is 0 Å². The molecular weight excluding hydrogens is 502 g/mol. The predicted octanol–water partition coefficient (Wildman–Crippen LogP) is 4.49. The molecule has 4 rings (SSSR count). The summed E-state index contributed by atoms with van der Waals surface area (Å²) in [6, 6.07) is 16.7. The number of aromatic amines is 1. The Balaban J connectivity index is 1.52. The normalized spacial score (nSPS) is 12.0. The van der Waals surface area contributed by atoms with E-state index in [2.05, 4.69) is 25.0 Å². The summed E-state index contributed by atoms with van der Waals surface area (Å²) in [5.41, 5.74) is 3.62. The first kappa shape index (κ1) is 25.6. The molecule has 11 heteroatoms. The van der Waals surface area contributed by atoms with Crippen molar-refractivity contribution in [1.82, 2.24) is 25.0 Å². The highest BCUT2D eigenvalue weighted by Crippen LogP contribution is 2.31. The number of hydrogen-bond donors (Lipinski definition) is 3. The molecule has 0 aliphatic carbocycles. The van der Waals surface area contributed by atoms with Crippen molar-refractivity contribution < 1.29 is 17.9 Å². The first-order chi connectivity index (χ1) is 16.9. The molecule has 188 valence electrons. The van der Waals surface area contributed by atoms with Gasteiger partial charge in [-0.15, -0.1) is 0 Å². The molecule has 0 aliphatic heterocycles. The van der Waals surface area contributed by atoms with Gasteiger partial charge in [-0.1, -0.05) is 48.0 Å². The van der Waals surface area contributed by atoms with Crippen molar-refractivity contribution in [3.05, 3.63) is 70.7 Å². The summed E-state index contributed by atoms with van der Waals surface area (Å²) in [5.74, 6) is 0.467. The summed E-state index contributed by atoms with van der Waals surface area (Å²) in [6.07, 6.45) is 1.12. The maximum Gasteiger partial charge on any atom is 0.301 e. The Kier molecular flexibility index (Phi) is 7.03.